The van der Waals surface area contributed by atoms with E-state index >= 15 is 0 Å². The minimum Gasteiger partial charge on any atom is -0.208 e. The first-order valence-electron chi connectivity index (χ1n) is 21.4. The van der Waals surface area contributed by atoms with Gasteiger partial charge in [-0.05, 0) is 64.1 Å². The molecule has 0 radical (unpaired) electrons. The van der Waals surface area contributed by atoms with Crippen LogP contribution < -0.4 is 0 Å². The monoisotopic (exact) mass is 822 g/mol. The lowest BCUT2D eigenvalue weighted by Gasteiger charge is -2.12. The van der Waals surface area contributed by atoms with Crippen molar-refractivity contribution in [3.8, 4) is 90.3 Å². The van der Waals surface area contributed by atoms with Crippen molar-refractivity contribution in [3.05, 3.63) is 224 Å². The standard InChI is InChI=1S/C58H42N6/c1-3-15-39(4-2)53-59-54(44-18-10-6-11-19-44)61-56(60-53)48-34-28-43(29-35-48)51-23-14-22-50-38-49(36-37-52(50)51)42-26-32-47(33-27-42)58-63-55(45-20-12-7-13-21-45)62-57(64-58)46-30-24-41(25-31-46)40-16-8-5-9-17-40/h3-38H,1-2H3/b15-3-,39-4+. The number of nitrogens with zero attached hydrogens (tertiary/aromatic N) is 6. The van der Waals surface area contributed by atoms with Crippen LogP contribution in [0.15, 0.2) is 218 Å². The van der Waals surface area contributed by atoms with E-state index in [0.717, 1.165) is 66.6 Å². The van der Waals surface area contributed by atoms with Gasteiger partial charge in [-0.15, -0.1) is 0 Å². The quantitative estimate of drug-likeness (QED) is 0.128. The Morgan fingerprint density at radius 3 is 1.17 bits per heavy atom. The van der Waals surface area contributed by atoms with Crippen LogP contribution in [0, 0.1) is 0 Å². The fraction of sp³-hybridized carbons (Fsp3) is 0.0345. The van der Waals surface area contributed by atoms with Crippen LogP contribution in [0.5, 0.6) is 0 Å². The summed E-state index contributed by atoms with van der Waals surface area (Å²) in [7, 11) is 0. The molecule has 6 heteroatoms. The van der Waals surface area contributed by atoms with Crippen LogP contribution in [0.1, 0.15) is 19.7 Å². The summed E-state index contributed by atoms with van der Waals surface area (Å²) in [4.78, 5) is 29.6. The fourth-order valence-corrected chi connectivity index (χ4v) is 7.95. The molecule has 0 atom stereocenters. The molecule has 6 nitrogen and oxygen atoms in total. The Morgan fingerprint density at radius 1 is 0.328 bits per heavy atom. The molecule has 2 aromatic heterocycles. The lowest BCUT2D eigenvalue weighted by atomic mass is 9.94. The van der Waals surface area contributed by atoms with Crippen LogP contribution in [-0.4, -0.2) is 29.9 Å². The van der Waals surface area contributed by atoms with Crippen LogP contribution in [0.3, 0.4) is 0 Å². The van der Waals surface area contributed by atoms with Gasteiger partial charge in [0.15, 0.2) is 34.9 Å². The van der Waals surface area contributed by atoms with Gasteiger partial charge in [0.25, 0.3) is 0 Å². The highest BCUT2D eigenvalue weighted by atomic mass is 15.0. The SMILES string of the molecule is C/C=C\C(=C/C)c1nc(-c2ccccc2)nc(-c2ccc(-c3cccc4cc(-c5ccc(-c6nc(-c7ccccc7)nc(-c7ccc(-c8ccccc8)cc7)n6)cc5)ccc34)cc2)n1. The second kappa shape index (κ2) is 17.9. The van der Waals surface area contributed by atoms with Crippen molar-refractivity contribution in [2.75, 3.05) is 0 Å². The molecule has 0 aliphatic rings. The Kier molecular flexibility index (Phi) is 11.1. The predicted molar refractivity (Wildman–Crippen MR) is 263 cm³/mol. The number of allylic oxidation sites excluding steroid dienone is 4. The van der Waals surface area contributed by atoms with Gasteiger partial charge in [-0.1, -0.05) is 212 Å². The van der Waals surface area contributed by atoms with Crippen molar-refractivity contribution < 1.29 is 0 Å². The van der Waals surface area contributed by atoms with E-state index in [0.29, 0.717) is 34.9 Å². The maximum absolute atomic E-state index is 5.01. The van der Waals surface area contributed by atoms with Gasteiger partial charge in [0.2, 0.25) is 0 Å². The Balaban J connectivity index is 0.935. The smallest absolute Gasteiger partial charge is 0.164 e. The van der Waals surface area contributed by atoms with Crippen LogP contribution in [0.25, 0.3) is 107 Å². The minimum absolute atomic E-state index is 0.625. The van der Waals surface area contributed by atoms with Gasteiger partial charge in [0, 0.05) is 33.4 Å². The van der Waals surface area contributed by atoms with E-state index in [2.05, 4.69) is 133 Å². The normalized spacial score (nSPS) is 11.6. The average Bonchev–Trinajstić information content (AvgIpc) is 3.38. The van der Waals surface area contributed by atoms with Crippen LogP contribution in [0.4, 0.5) is 0 Å². The summed E-state index contributed by atoms with van der Waals surface area (Å²) < 4.78 is 0. The summed E-state index contributed by atoms with van der Waals surface area (Å²) in [6.07, 6.45) is 6.06. The number of aromatic nitrogens is 6. The summed E-state index contributed by atoms with van der Waals surface area (Å²) in [5.41, 5.74) is 12.4. The van der Waals surface area contributed by atoms with Gasteiger partial charge < -0.3 is 0 Å². The van der Waals surface area contributed by atoms with Crippen molar-refractivity contribution in [1.82, 2.24) is 29.9 Å². The van der Waals surface area contributed by atoms with Crippen molar-refractivity contribution in [2.45, 2.75) is 13.8 Å². The van der Waals surface area contributed by atoms with Gasteiger partial charge in [-0.3, -0.25) is 0 Å². The number of rotatable bonds is 10. The largest absolute Gasteiger partial charge is 0.208 e. The summed E-state index contributed by atoms with van der Waals surface area (Å²) in [5.74, 6) is 3.82. The molecule has 0 bridgehead atoms. The van der Waals surface area contributed by atoms with Crippen LogP contribution in [-0.2, 0) is 0 Å². The van der Waals surface area contributed by atoms with Gasteiger partial charge >= 0.3 is 0 Å². The van der Waals surface area contributed by atoms with Crippen LogP contribution >= 0.6 is 0 Å². The van der Waals surface area contributed by atoms with Crippen molar-refractivity contribution >= 4 is 16.3 Å². The molecule has 0 N–H and O–H groups in total. The van der Waals surface area contributed by atoms with E-state index < -0.39 is 0 Å². The summed E-state index contributed by atoms with van der Waals surface area (Å²) in [6, 6.07) is 69.1. The molecule has 0 amide bonds. The molecular formula is C58H42N6. The zero-order valence-electron chi connectivity index (χ0n) is 35.5. The molecule has 10 aromatic rings. The summed E-state index contributed by atoms with van der Waals surface area (Å²) >= 11 is 0. The first-order chi connectivity index (χ1) is 31.6. The van der Waals surface area contributed by atoms with E-state index in [1.807, 2.05) is 98.8 Å². The zero-order valence-corrected chi connectivity index (χ0v) is 35.5. The first kappa shape index (κ1) is 39.6. The Labute approximate surface area is 373 Å². The van der Waals surface area contributed by atoms with Crippen molar-refractivity contribution in [2.24, 2.45) is 0 Å². The maximum atomic E-state index is 5.01. The highest BCUT2D eigenvalue weighted by Gasteiger charge is 2.15. The fourth-order valence-electron chi connectivity index (χ4n) is 7.95. The molecule has 64 heavy (non-hydrogen) atoms. The van der Waals surface area contributed by atoms with E-state index in [9.17, 15) is 0 Å². The van der Waals surface area contributed by atoms with E-state index in [1.54, 1.807) is 0 Å². The lowest BCUT2D eigenvalue weighted by molar-refractivity contribution is 1.04. The van der Waals surface area contributed by atoms with Gasteiger partial charge in [0.05, 0.1) is 0 Å². The molecule has 0 saturated carbocycles. The Morgan fingerprint density at radius 2 is 0.703 bits per heavy atom. The molecule has 8 aromatic carbocycles. The third-order valence-corrected chi connectivity index (χ3v) is 11.3. The molecule has 10 rings (SSSR count). The average molecular weight is 823 g/mol. The number of fused-ring (bicyclic) bond motifs is 1. The molecule has 0 fully saturated rings. The van der Waals surface area contributed by atoms with Crippen molar-refractivity contribution in [1.29, 1.82) is 0 Å². The Bertz CT molecular complexity index is 3290. The summed E-state index contributed by atoms with van der Waals surface area (Å²) in [6.45, 7) is 4.00. The number of hydrogen-bond donors (Lipinski definition) is 0. The second-order valence-corrected chi connectivity index (χ2v) is 15.4. The van der Waals surface area contributed by atoms with E-state index in [4.69, 9.17) is 29.9 Å². The second-order valence-electron chi connectivity index (χ2n) is 15.4. The zero-order chi connectivity index (χ0) is 43.2. The molecule has 0 unspecified atom stereocenters. The molecule has 0 aliphatic carbocycles. The molecule has 2 heterocycles. The van der Waals surface area contributed by atoms with Crippen LogP contribution in [0.2, 0.25) is 0 Å². The van der Waals surface area contributed by atoms with Gasteiger partial charge in [-0.2, -0.15) is 0 Å². The minimum atomic E-state index is 0.625. The highest BCUT2D eigenvalue weighted by molar-refractivity contribution is 5.99. The molecule has 0 saturated heterocycles. The molecule has 0 aliphatic heterocycles. The summed E-state index contributed by atoms with van der Waals surface area (Å²) in [5, 5.41) is 2.34. The first-order valence-corrected chi connectivity index (χ1v) is 21.4. The predicted octanol–water partition coefficient (Wildman–Crippen LogP) is 14.5. The lowest BCUT2D eigenvalue weighted by Crippen LogP contribution is -2.02. The third-order valence-electron chi connectivity index (χ3n) is 11.3. The Hall–Kier alpha value is -8.48. The maximum Gasteiger partial charge on any atom is 0.164 e. The number of benzene rings is 8. The highest BCUT2D eigenvalue weighted by Crippen LogP contribution is 2.35. The number of hydrogen-bond acceptors (Lipinski definition) is 6. The molecular weight excluding hydrogens is 781 g/mol. The topological polar surface area (TPSA) is 77.3 Å². The van der Waals surface area contributed by atoms with Gasteiger partial charge in [-0.25, -0.2) is 29.9 Å². The van der Waals surface area contributed by atoms with Crippen molar-refractivity contribution in [3.63, 3.8) is 0 Å². The van der Waals surface area contributed by atoms with E-state index in [1.165, 1.54) is 10.9 Å². The molecule has 304 valence electrons. The third kappa shape index (κ3) is 8.28. The molecule has 0 spiro atoms. The van der Waals surface area contributed by atoms with Gasteiger partial charge in [0.1, 0.15) is 0 Å². The van der Waals surface area contributed by atoms with E-state index in [-0.39, 0.29) is 0 Å².